The highest BCUT2D eigenvalue weighted by atomic mass is 15.0. The Morgan fingerprint density at radius 3 is 2.61 bits per heavy atom. The molecule has 0 saturated carbocycles. The zero-order valence-electron chi connectivity index (χ0n) is 10.4. The first-order valence-electron chi connectivity index (χ1n) is 6.01. The number of hydrogen-bond donors (Lipinski definition) is 1. The standard InChI is InChI=1S/C15H15N3/c1-2-12-6-3-4-7-13(12)11-17-15-9-5-8-14(10-16)18-15/h3-9H,2,11H2,1H3,(H,17,18). The molecule has 0 aliphatic rings. The predicted octanol–water partition coefficient (Wildman–Crippen LogP) is 3.13. The van der Waals surface area contributed by atoms with Crippen molar-refractivity contribution in [3.63, 3.8) is 0 Å². The number of nitriles is 1. The number of aryl methyl sites for hydroxylation is 1. The number of nitrogens with zero attached hydrogens (tertiary/aromatic N) is 2. The van der Waals surface area contributed by atoms with Crippen LogP contribution in [0, 0.1) is 11.3 Å². The maximum atomic E-state index is 8.79. The molecule has 3 nitrogen and oxygen atoms in total. The molecule has 2 rings (SSSR count). The highest BCUT2D eigenvalue weighted by molar-refractivity contribution is 5.40. The Hall–Kier alpha value is -2.34. The van der Waals surface area contributed by atoms with E-state index in [1.54, 1.807) is 6.07 Å². The van der Waals surface area contributed by atoms with Gasteiger partial charge in [-0.05, 0) is 29.7 Å². The van der Waals surface area contributed by atoms with Gasteiger partial charge in [-0.1, -0.05) is 37.3 Å². The Morgan fingerprint density at radius 1 is 1.11 bits per heavy atom. The molecular formula is C15H15N3. The third-order valence-corrected chi connectivity index (χ3v) is 2.82. The van der Waals surface area contributed by atoms with Gasteiger partial charge in [-0.3, -0.25) is 0 Å². The molecule has 90 valence electrons. The molecule has 0 saturated heterocycles. The summed E-state index contributed by atoms with van der Waals surface area (Å²) in [7, 11) is 0. The number of rotatable bonds is 4. The first-order valence-corrected chi connectivity index (χ1v) is 6.01. The Balaban J connectivity index is 2.09. The summed E-state index contributed by atoms with van der Waals surface area (Å²) in [4.78, 5) is 4.19. The van der Waals surface area contributed by atoms with Crippen molar-refractivity contribution < 1.29 is 0 Å². The molecule has 0 unspecified atom stereocenters. The molecule has 18 heavy (non-hydrogen) atoms. The van der Waals surface area contributed by atoms with Crippen LogP contribution in [0.3, 0.4) is 0 Å². The summed E-state index contributed by atoms with van der Waals surface area (Å²) in [6, 6.07) is 15.8. The van der Waals surface area contributed by atoms with Crippen molar-refractivity contribution in [2.45, 2.75) is 19.9 Å². The van der Waals surface area contributed by atoms with E-state index in [2.05, 4.69) is 35.4 Å². The fourth-order valence-electron chi connectivity index (χ4n) is 1.86. The highest BCUT2D eigenvalue weighted by Gasteiger charge is 2.00. The molecule has 0 aliphatic carbocycles. The van der Waals surface area contributed by atoms with E-state index >= 15 is 0 Å². The molecule has 0 atom stereocenters. The molecular weight excluding hydrogens is 222 g/mol. The van der Waals surface area contributed by atoms with E-state index in [1.165, 1.54) is 11.1 Å². The summed E-state index contributed by atoms with van der Waals surface area (Å²) in [5.74, 6) is 0.736. The third-order valence-electron chi connectivity index (χ3n) is 2.82. The number of hydrogen-bond acceptors (Lipinski definition) is 3. The van der Waals surface area contributed by atoms with Gasteiger partial charge in [-0.15, -0.1) is 0 Å². The maximum absolute atomic E-state index is 8.79. The molecule has 2 aromatic rings. The van der Waals surface area contributed by atoms with E-state index in [9.17, 15) is 0 Å². The second-order valence-electron chi connectivity index (χ2n) is 4.00. The largest absolute Gasteiger partial charge is 0.366 e. The third kappa shape index (κ3) is 2.86. The lowest BCUT2D eigenvalue weighted by molar-refractivity contribution is 1.03. The van der Waals surface area contributed by atoms with Crippen LogP contribution < -0.4 is 5.32 Å². The van der Waals surface area contributed by atoms with E-state index in [-0.39, 0.29) is 0 Å². The van der Waals surface area contributed by atoms with Crippen molar-refractivity contribution >= 4 is 5.82 Å². The zero-order chi connectivity index (χ0) is 12.8. The monoisotopic (exact) mass is 237 g/mol. The average Bonchev–Trinajstić information content (AvgIpc) is 2.45. The normalized spacial score (nSPS) is 9.78. The maximum Gasteiger partial charge on any atom is 0.142 e. The van der Waals surface area contributed by atoms with Crippen LogP contribution in [0.2, 0.25) is 0 Å². The van der Waals surface area contributed by atoms with Gasteiger partial charge < -0.3 is 5.32 Å². The van der Waals surface area contributed by atoms with Crippen LogP contribution in [0.4, 0.5) is 5.82 Å². The van der Waals surface area contributed by atoms with Crippen LogP contribution in [-0.4, -0.2) is 4.98 Å². The molecule has 1 aromatic heterocycles. The van der Waals surface area contributed by atoms with Crippen LogP contribution in [0.5, 0.6) is 0 Å². The number of anilines is 1. The molecule has 1 aromatic carbocycles. The predicted molar refractivity (Wildman–Crippen MR) is 72.1 cm³/mol. The van der Waals surface area contributed by atoms with Crippen LogP contribution >= 0.6 is 0 Å². The van der Waals surface area contributed by atoms with Crippen LogP contribution in [-0.2, 0) is 13.0 Å². The Morgan fingerprint density at radius 2 is 1.89 bits per heavy atom. The van der Waals surface area contributed by atoms with Crippen molar-refractivity contribution in [3.8, 4) is 6.07 Å². The van der Waals surface area contributed by atoms with Crippen LogP contribution in [0.1, 0.15) is 23.7 Å². The fourth-order valence-corrected chi connectivity index (χ4v) is 1.86. The number of benzene rings is 1. The van der Waals surface area contributed by atoms with Crippen molar-refractivity contribution in [1.82, 2.24) is 4.98 Å². The summed E-state index contributed by atoms with van der Waals surface area (Å²) in [5.41, 5.74) is 3.04. The number of nitrogens with one attached hydrogen (secondary N) is 1. The van der Waals surface area contributed by atoms with Gasteiger partial charge in [-0.2, -0.15) is 5.26 Å². The van der Waals surface area contributed by atoms with Gasteiger partial charge >= 0.3 is 0 Å². The SMILES string of the molecule is CCc1ccccc1CNc1cccc(C#N)n1. The second kappa shape index (κ2) is 5.83. The van der Waals surface area contributed by atoms with Crippen molar-refractivity contribution in [2.75, 3.05) is 5.32 Å². The van der Waals surface area contributed by atoms with Crippen molar-refractivity contribution in [1.29, 1.82) is 5.26 Å². The zero-order valence-corrected chi connectivity index (χ0v) is 10.4. The lowest BCUT2D eigenvalue weighted by Crippen LogP contribution is -2.04. The minimum Gasteiger partial charge on any atom is -0.366 e. The molecule has 1 heterocycles. The molecule has 0 radical (unpaired) electrons. The van der Waals surface area contributed by atoms with Gasteiger partial charge in [0.25, 0.3) is 0 Å². The summed E-state index contributed by atoms with van der Waals surface area (Å²) in [6.07, 6.45) is 1.02. The van der Waals surface area contributed by atoms with E-state index < -0.39 is 0 Å². The first kappa shape index (κ1) is 12.1. The van der Waals surface area contributed by atoms with Crippen molar-refractivity contribution in [3.05, 3.63) is 59.3 Å². The minimum atomic E-state index is 0.434. The van der Waals surface area contributed by atoms with Crippen molar-refractivity contribution in [2.24, 2.45) is 0 Å². The van der Waals surface area contributed by atoms with E-state index in [4.69, 9.17) is 5.26 Å². The highest BCUT2D eigenvalue weighted by Crippen LogP contribution is 2.12. The minimum absolute atomic E-state index is 0.434. The smallest absolute Gasteiger partial charge is 0.142 e. The summed E-state index contributed by atoms with van der Waals surface area (Å²) in [5, 5.41) is 12.0. The molecule has 0 spiro atoms. The second-order valence-corrected chi connectivity index (χ2v) is 4.00. The van der Waals surface area contributed by atoms with E-state index in [0.29, 0.717) is 5.69 Å². The van der Waals surface area contributed by atoms with Crippen LogP contribution in [0.25, 0.3) is 0 Å². The van der Waals surface area contributed by atoms with E-state index in [1.807, 2.05) is 24.3 Å². The summed E-state index contributed by atoms with van der Waals surface area (Å²) in [6.45, 7) is 2.87. The van der Waals surface area contributed by atoms with E-state index in [0.717, 1.165) is 18.8 Å². The molecule has 0 bridgehead atoms. The lowest BCUT2D eigenvalue weighted by Gasteiger charge is -2.09. The Labute approximate surface area is 107 Å². The van der Waals surface area contributed by atoms with Gasteiger partial charge in [0.1, 0.15) is 17.6 Å². The van der Waals surface area contributed by atoms with Gasteiger partial charge in [0.05, 0.1) is 0 Å². The van der Waals surface area contributed by atoms with Gasteiger partial charge in [-0.25, -0.2) is 4.98 Å². The van der Waals surface area contributed by atoms with Gasteiger partial charge in [0.15, 0.2) is 0 Å². The Kier molecular flexibility index (Phi) is 3.93. The molecule has 0 aliphatic heterocycles. The summed E-state index contributed by atoms with van der Waals surface area (Å²) >= 11 is 0. The topological polar surface area (TPSA) is 48.7 Å². The quantitative estimate of drug-likeness (QED) is 0.888. The van der Waals surface area contributed by atoms with Gasteiger partial charge in [0.2, 0.25) is 0 Å². The Bertz CT molecular complexity index is 570. The van der Waals surface area contributed by atoms with Gasteiger partial charge in [0, 0.05) is 6.54 Å². The summed E-state index contributed by atoms with van der Waals surface area (Å²) < 4.78 is 0. The average molecular weight is 237 g/mol. The number of pyridine rings is 1. The fraction of sp³-hybridized carbons (Fsp3) is 0.200. The first-order chi connectivity index (χ1) is 8.83. The lowest BCUT2D eigenvalue weighted by atomic mass is 10.1. The molecule has 0 fully saturated rings. The molecule has 1 N–H and O–H groups in total. The molecule has 0 amide bonds. The molecule has 3 heteroatoms. The van der Waals surface area contributed by atoms with Crippen LogP contribution in [0.15, 0.2) is 42.5 Å². The number of aromatic nitrogens is 1.